The van der Waals surface area contributed by atoms with E-state index in [1.807, 2.05) is 18.2 Å². The van der Waals surface area contributed by atoms with Crippen molar-refractivity contribution in [3.05, 3.63) is 70.9 Å². The Morgan fingerprint density at radius 1 is 1.06 bits per heavy atom. The van der Waals surface area contributed by atoms with Crippen LogP contribution in [0.5, 0.6) is 0 Å². The summed E-state index contributed by atoms with van der Waals surface area (Å²) >= 11 is 5.91. The number of fused-ring (bicyclic) bond motifs is 1. The third-order valence-corrected chi connectivity index (χ3v) is 3.42. The van der Waals surface area contributed by atoms with Crippen LogP contribution in [-0.2, 0) is 6.54 Å². The van der Waals surface area contributed by atoms with E-state index in [0.717, 1.165) is 17.3 Å². The fraction of sp³-hybridized carbons (Fsp3) is 0.125. The van der Waals surface area contributed by atoms with Gasteiger partial charge >= 0.3 is 0 Å². The first kappa shape index (κ1) is 11.4. The van der Waals surface area contributed by atoms with Crippen molar-refractivity contribution in [3.8, 4) is 0 Å². The lowest BCUT2D eigenvalue weighted by molar-refractivity contribution is 0.804. The Labute approximate surface area is 112 Å². The predicted octanol–water partition coefficient (Wildman–Crippen LogP) is 4.45. The van der Waals surface area contributed by atoms with Gasteiger partial charge in [0.15, 0.2) is 0 Å². The van der Waals surface area contributed by atoms with Crippen LogP contribution < -0.4 is 0 Å². The SMILES string of the molecule is Cc1[c]c2ccccc2n1Cc1ccc(Cl)cc1. The quantitative estimate of drug-likeness (QED) is 0.637. The average Bonchev–Trinajstić information content (AvgIpc) is 2.69. The molecular weight excluding hydrogens is 242 g/mol. The minimum Gasteiger partial charge on any atom is -0.340 e. The Balaban J connectivity index is 2.04. The second-order valence-electron chi connectivity index (χ2n) is 4.44. The Morgan fingerprint density at radius 3 is 2.56 bits per heavy atom. The van der Waals surface area contributed by atoms with Crippen molar-refractivity contribution < 1.29 is 0 Å². The van der Waals surface area contributed by atoms with Gasteiger partial charge in [-0.3, -0.25) is 0 Å². The Morgan fingerprint density at radius 2 is 1.78 bits per heavy atom. The lowest BCUT2D eigenvalue weighted by Gasteiger charge is -2.08. The van der Waals surface area contributed by atoms with Gasteiger partial charge in [0.2, 0.25) is 0 Å². The van der Waals surface area contributed by atoms with Crippen molar-refractivity contribution in [3.63, 3.8) is 0 Å². The molecule has 0 atom stereocenters. The van der Waals surface area contributed by atoms with E-state index in [0.29, 0.717) is 0 Å². The van der Waals surface area contributed by atoms with Crippen molar-refractivity contribution >= 4 is 22.5 Å². The molecule has 3 rings (SSSR count). The van der Waals surface area contributed by atoms with Gasteiger partial charge in [0.25, 0.3) is 0 Å². The van der Waals surface area contributed by atoms with Gasteiger partial charge in [0.05, 0.1) is 0 Å². The normalized spacial score (nSPS) is 11.0. The molecule has 0 amide bonds. The fourth-order valence-corrected chi connectivity index (χ4v) is 2.36. The highest BCUT2D eigenvalue weighted by atomic mass is 35.5. The first-order valence-electron chi connectivity index (χ1n) is 5.95. The predicted molar refractivity (Wildman–Crippen MR) is 76.1 cm³/mol. The number of rotatable bonds is 2. The van der Waals surface area contributed by atoms with Crippen LogP contribution in [0.15, 0.2) is 48.5 Å². The molecule has 0 unspecified atom stereocenters. The van der Waals surface area contributed by atoms with E-state index in [1.165, 1.54) is 16.5 Å². The molecule has 0 saturated heterocycles. The maximum atomic E-state index is 5.91. The minimum atomic E-state index is 0.777. The molecule has 0 aliphatic carbocycles. The van der Waals surface area contributed by atoms with E-state index in [1.54, 1.807) is 0 Å². The van der Waals surface area contributed by atoms with Crippen LogP contribution in [0.2, 0.25) is 5.02 Å². The van der Waals surface area contributed by atoms with Gasteiger partial charge < -0.3 is 4.57 Å². The molecular formula is C16H13ClN. The Hall–Kier alpha value is -1.73. The van der Waals surface area contributed by atoms with Crippen molar-refractivity contribution in [2.75, 3.05) is 0 Å². The summed E-state index contributed by atoms with van der Waals surface area (Å²) in [6.07, 6.45) is 0. The second-order valence-corrected chi connectivity index (χ2v) is 4.88. The largest absolute Gasteiger partial charge is 0.340 e. The molecule has 0 aliphatic heterocycles. The molecule has 2 aromatic carbocycles. The summed E-state index contributed by atoms with van der Waals surface area (Å²) in [5, 5.41) is 1.95. The molecule has 1 heterocycles. The van der Waals surface area contributed by atoms with Crippen LogP contribution in [0, 0.1) is 13.0 Å². The van der Waals surface area contributed by atoms with Crippen molar-refractivity contribution in [2.24, 2.45) is 0 Å². The molecule has 3 aromatic rings. The number of aromatic nitrogens is 1. The standard InChI is InChI=1S/C16H13ClN/c1-12-10-14-4-2-3-5-16(14)18(12)11-13-6-8-15(17)9-7-13/h2-9H,11H2,1H3. The van der Waals surface area contributed by atoms with Crippen LogP contribution in [0.4, 0.5) is 0 Å². The summed E-state index contributed by atoms with van der Waals surface area (Å²) in [5.74, 6) is 0. The van der Waals surface area contributed by atoms with Gasteiger partial charge in [-0.2, -0.15) is 0 Å². The smallest absolute Gasteiger partial charge is 0.0492 e. The summed E-state index contributed by atoms with van der Waals surface area (Å²) in [5.41, 5.74) is 3.63. The zero-order valence-electron chi connectivity index (χ0n) is 10.2. The van der Waals surface area contributed by atoms with E-state index < -0.39 is 0 Å². The topological polar surface area (TPSA) is 4.93 Å². The number of hydrogen-bond acceptors (Lipinski definition) is 0. The molecule has 2 heteroatoms. The van der Waals surface area contributed by atoms with Gasteiger partial charge in [-0.15, -0.1) is 0 Å². The van der Waals surface area contributed by atoms with Crippen LogP contribution in [-0.4, -0.2) is 4.57 Å². The van der Waals surface area contributed by atoms with E-state index in [9.17, 15) is 0 Å². The fourth-order valence-electron chi connectivity index (χ4n) is 2.23. The number of para-hydroxylation sites is 1. The molecule has 0 bridgehead atoms. The van der Waals surface area contributed by atoms with E-state index in [2.05, 4.69) is 47.9 Å². The number of halogens is 1. The zero-order chi connectivity index (χ0) is 12.5. The molecule has 1 aromatic heterocycles. The number of aryl methyl sites for hydroxylation is 1. The average molecular weight is 255 g/mol. The molecule has 1 radical (unpaired) electrons. The van der Waals surface area contributed by atoms with Crippen molar-refractivity contribution in [2.45, 2.75) is 13.5 Å². The van der Waals surface area contributed by atoms with E-state index in [4.69, 9.17) is 11.6 Å². The Kier molecular flexibility index (Phi) is 2.85. The maximum Gasteiger partial charge on any atom is 0.0492 e. The van der Waals surface area contributed by atoms with E-state index >= 15 is 0 Å². The van der Waals surface area contributed by atoms with Gasteiger partial charge in [0.1, 0.15) is 0 Å². The monoisotopic (exact) mass is 254 g/mol. The first-order valence-corrected chi connectivity index (χ1v) is 6.33. The van der Waals surface area contributed by atoms with Crippen LogP contribution >= 0.6 is 11.6 Å². The first-order chi connectivity index (χ1) is 8.74. The van der Waals surface area contributed by atoms with Crippen LogP contribution in [0.25, 0.3) is 10.9 Å². The molecule has 0 N–H and O–H groups in total. The highest BCUT2D eigenvalue weighted by molar-refractivity contribution is 6.30. The highest BCUT2D eigenvalue weighted by Crippen LogP contribution is 2.20. The van der Waals surface area contributed by atoms with Crippen LogP contribution in [0.1, 0.15) is 11.3 Å². The van der Waals surface area contributed by atoms with Gasteiger partial charge in [-0.05, 0) is 30.7 Å². The molecule has 0 aliphatic rings. The molecule has 0 spiro atoms. The maximum absolute atomic E-state index is 5.91. The van der Waals surface area contributed by atoms with Crippen molar-refractivity contribution in [1.29, 1.82) is 0 Å². The summed E-state index contributed by atoms with van der Waals surface area (Å²) in [6.45, 7) is 2.95. The minimum absolute atomic E-state index is 0.777. The van der Waals surface area contributed by atoms with Crippen molar-refractivity contribution in [1.82, 2.24) is 4.57 Å². The lowest BCUT2D eigenvalue weighted by Crippen LogP contribution is -2.01. The third kappa shape index (κ3) is 2.02. The van der Waals surface area contributed by atoms with Gasteiger partial charge in [-0.25, -0.2) is 0 Å². The number of hydrogen-bond donors (Lipinski definition) is 0. The summed E-state index contributed by atoms with van der Waals surface area (Å²) in [7, 11) is 0. The highest BCUT2D eigenvalue weighted by Gasteiger charge is 2.05. The molecule has 89 valence electrons. The Bertz CT molecular complexity index is 680. The lowest BCUT2D eigenvalue weighted by atomic mass is 10.2. The molecule has 18 heavy (non-hydrogen) atoms. The molecule has 1 nitrogen and oxygen atoms in total. The van der Waals surface area contributed by atoms with E-state index in [-0.39, 0.29) is 0 Å². The third-order valence-electron chi connectivity index (χ3n) is 3.17. The number of benzene rings is 2. The molecule has 0 fully saturated rings. The summed E-state index contributed by atoms with van der Waals surface area (Å²) in [4.78, 5) is 0. The van der Waals surface area contributed by atoms with Gasteiger partial charge in [-0.1, -0.05) is 41.9 Å². The second kappa shape index (κ2) is 4.51. The summed E-state index contributed by atoms with van der Waals surface area (Å²) < 4.78 is 2.28. The van der Waals surface area contributed by atoms with Crippen LogP contribution in [0.3, 0.4) is 0 Å². The van der Waals surface area contributed by atoms with Gasteiger partial charge in [0, 0.05) is 34.2 Å². The molecule has 0 saturated carbocycles. The zero-order valence-corrected chi connectivity index (χ0v) is 10.9. The summed E-state index contributed by atoms with van der Waals surface area (Å²) in [6, 6.07) is 19.7. The number of nitrogens with zero attached hydrogens (tertiary/aromatic N) is 1.